The topological polar surface area (TPSA) is 35.2 Å². The van der Waals surface area contributed by atoms with Crippen molar-refractivity contribution < 1.29 is 4.74 Å². The van der Waals surface area contributed by atoms with E-state index in [-0.39, 0.29) is 0 Å². The van der Waals surface area contributed by atoms with Crippen LogP contribution in [0, 0.1) is 13.8 Å². The molecule has 0 aliphatic rings. The molecule has 1 rings (SSSR count). The molecule has 0 amide bonds. The fourth-order valence-electron chi connectivity index (χ4n) is 2.57. The number of benzene rings is 1. The summed E-state index contributed by atoms with van der Waals surface area (Å²) in [6, 6.07) is 4.39. The van der Waals surface area contributed by atoms with Crippen LogP contribution >= 0.6 is 0 Å². The van der Waals surface area contributed by atoms with Gasteiger partial charge in [-0.25, -0.2) is 0 Å². The van der Waals surface area contributed by atoms with E-state index < -0.39 is 0 Å². The average Bonchev–Trinajstić information content (AvgIpc) is 2.43. The van der Waals surface area contributed by atoms with E-state index in [1.807, 2.05) is 0 Å². The first kappa shape index (κ1) is 16.0. The second-order valence-corrected chi connectivity index (χ2v) is 5.29. The number of nitrogens with two attached hydrogens (primary N) is 1. The lowest BCUT2D eigenvalue weighted by molar-refractivity contribution is 0.315. The van der Waals surface area contributed by atoms with Crippen LogP contribution in [0.4, 0.5) is 0 Å². The minimum Gasteiger partial charge on any atom is -0.493 e. The molecule has 0 bridgehead atoms. The van der Waals surface area contributed by atoms with Crippen molar-refractivity contribution in [3.8, 4) is 5.75 Å². The van der Waals surface area contributed by atoms with Crippen molar-refractivity contribution in [2.45, 2.75) is 59.3 Å². The van der Waals surface area contributed by atoms with Crippen molar-refractivity contribution in [3.63, 3.8) is 0 Å². The first-order chi connectivity index (χ1) is 9.15. The standard InChI is InChI=1S/C17H29NO/c1-5-12-19-17-10-9-16(13(3)14(17)4)15(6-2)8-7-11-18/h9-10,15H,5-8,11-12,18H2,1-4H3. The summed E-state index contributed by atoms with van der Waals surface area (Å²) in [5, 5.41) is 0. The highest BCUT2D eigenvalue weighted by Gasteiger charge is 2.14. The van der Waals surface area contributed by atoms with Crippen LogP contribution in [-0.4, -0.2) is 13.2 Å². The van der Waals surface area contributed by atoms with Gasteiger partial charge in [0.1, 0.15) is 5.75 Å². The molecule has 0 heterocycles. The minimum absolute atomic E-state index is 0.627. The van der Waals surface area contributed by atoms with Gasteiger partial charge in [-0.1, -0.05) is 19.9 Å². The van der Waals surface area contributed by atoms with Crippen LogP contribution in [0.5, 0.6) is 5.75 Å². The zero-order chi connectivity index (χ0) is 14.3. The van der Waals surface area contributed by atoms with Crippen LogP contribution in [0.2, 0.25) is 0 Å². The molecule has 0 aliphatic heterocycles. The van der Waals surface area contributed by atoms with Crippen LogP contribution in [0.15, 0.2) is 12.1 Å². The normalized spacial score (nSPS) is 12.5. The van der Waals surface area contributed by atoms with Crippen molar-refractivity contribution in [2.75, 3.05) is 13.2 Å². The maximum absolute atomic E-state index is 5.80. The molecular weight excluding hydrogens is 234 g/mol. The first-order valence-corrected chi connectivity index (χ1v) is 7.58. The Bertz CT molecular complexity index is 387. The van der Waals surface area contributed by atoms with E-state index in [9.17, 15) is 0 Å². The summed E-state index contributed by atoms with van der Waals surface area (Å²) in [6.07, 6.45) is 4.51. The molecule has 0 radical (unpaired) electrons. The maximum Gasteiger partial charge on any atom is 0.122 e. The van der Waals surface area contributed by atoms with Crippen LogP contribution in [0.25, 0.3) is 0 Å². The molecule has 19 heavy (non-hydrogen) atoms. The van der Waals surface area contributed by atoms with E-state index in [4.69, 9.17) is 10.5 Å². The Labute approximate surface area is 118 Å². The molecule has 2 N–H and O–H groups in total. The molecule has 0 aromatic heterocycles. The van der Waals surface area contributed by atoms with Gasteiger partial charge in [-0.2, -0.15) is 0 Å². The van der Waals surface area contributed by atoms with Gasteiger partial charge in [0.15, 0.2) is 0 Å². The van der Waals surface area contributed by atoms with Gasteiger partial charge in [0.05, 0.1) is 6.61 Å². The number of ether oxygens (including phenoxy) is 1. The third kappa shape index (κ3) is 4.24. The first-order valence-electron chi connectivity index (χ1n) is 7.58. The molecule has 1 aromatic carbocycles. The van der Waals surface area contributed by atoms with Gasteiger partial charge in [-0.15, -0.1) is 0 Å². The summed E-state index contributed by atoms with van der Waals surface area (Å²) in [4.78, 5) is 0. The Hall–Kier alpha value is -1.02. The Morgan fingerprint density at radius 2 is 1.89 bits per heavy atom. The average molecular weight is 263 g/mol. The Morgan fingerprint density at radius 3 is 2.47 bits per heavy atom. The number of hydrogen-bond donors (Lipinski definition) is 1. The molecule has 1 aromatic rings. The van der Waals surface area contributed by atoms with Gasteiger partial charge in [0.2, 0.25) is 0 Å². The molecule has 1 atom stereocenters. The van der Waals surface area contributed by atoms with E-state index >= 15 is 0 Å². The predicted octanol–water partition coefficient (Wildman–Crippen LogP) is 4.32. The lowest BCUT2D eigenvalue weighted by Gasteiger charge is -2.20. The zero-order valence-electron chi connectivity index (χ0n) is 13.0. The SMILES string of the molecule is CCCOc1ccc(C(CC)CCCN)c(C)c1C. The molecule has 0 saturated carbocycles. The summed E-state index contributed by atoms with van der Waals surface area (Å²) >= 11 is 0. The second kappa shape index (κ2) is 8.21. The lowest BCUT2D eigenvalue weighted by atomic mass is 9.87. The van der Waals surface area contributed by atoms with Gasteiger partial charge in [0.25, 0.3) is 0 Å². The highest BCUT2D eigenvalue weighted by molar-refractivity contribution is 5.45. The van der Waals surface area contributed by atoms with E-state index in [2.05, 4.69) is 39.8 Å². The summed E-state index contributed by atoms with van der Waals surface area (Å²) < 4.78 is 5.80. The Morgan fingerprint density at radius 1 is 1.16 bits per heavy atom. The molecule has 1 unspecified atom stereocenters. The van der Waals surface area contributed by atoms with Gasteiger partial charge < -0.3 is 10.5 Å². The van der Waals surface area contributed by atoms with Crippen molar-refractivity contribution in [3.05, 3.63) is 28.8 Å². The predicted molar refractivity (Wildman–Crippen MR) is 83.0 cm³/mol. The summed E-state index contributed by atoms with van der Waals surface area (Å²) in [5.74, 6) is 1.67. The molecule has 0 saturated heterocycles. The zero-order valence-corrected chi connectivity index (χ0v) is 13.0. The van der Waals surface area contributed by atoms with Gasteiger partial charge in [-0.05, 0) is 74.8 Å². The van der Waals surface area contributed by atoms with E-state index in [1.165, 1.54) is 29.5 Å². The Kier molecular flexibility index (Phi) is 6.93. The van der Waals surface area contributed by atoms with Crippen molar-refractivity contribution >= 4 is 0 Å². The molecule has 0 fully saturated rings. The van der Waals surface area contributed by atoms with E-state index in [1.54, 1.807) is 0 Å². The van der Waals surface area contributed by atoms with Crippen LogP contribution in [0.1, 0.15) is 62.1 Å². The summed E-state index contributed by atoms with van der Waals surface area (Å²) in [6.45, 7) is 10.4. The molecular formula is C17H29NO. The van der Waals surface area contributed by atoms with Gasteiger partial charge in [-0.3, -0.25) is 0 Å². The van der Waals surface area contributed by atoms with Crippen molar-refractivity contribution in [1.82, 2.24) is 0 Å². The molecule has 2 nitrogen and oxygen atoms in total. The highest BCUT2D eigenvalue weighted by atomic mass is 16.5. The van der Waals surface area contributed by atoms with Crippen LogP contribution in [0.3, 0.4) is 0 Å². The van der Waals surface area contributed by atoms with E-state index in [0.29, 0.717) is 5.92 Å². The van der Waals surface area contributed by atoms with E-state index in [0.717, 1.165) is 31.7 Å². The van der Waals surface area contributed by atoms with Gasteiger partial charge >= 0.3 is 0 Å². The third-order valence-electron chi connectivity index (χ3n) is 3.93. The quantitative estimate of drug-likeness (QED) is 0.758. The summed E-state index contributed by atoms with van der Waals surface area (Å²) in [7, 11) is 0. The molecule has 108 valence electrons. The number of rotatable bonds is 8. The largest absolute Gasteiger partial charge is 0.493 e. The Balaban J connectivity index is 2.93. The minimum atomic E-state index is 0.627. The highest BCUT2D eigenvalue weighted by Crippen LogP contribution is 2.32. The monoisotopic (exact) mass is 263 g/mol. The third-order valence-corrected chi connectivity index (χ3v) is 3.93. The van der Waals surface area contributed by atoms with Crippen molar-refractivity contribution in [2.24, 2.45) is 5.73 Å². The maximum atomic E-state index is 5.80. The molecule has 0 aliphatic carbocycles. The molecule has 2 heteroatoms. The number of hydrogen-bond acceptors (Lipinski definition) is 2. The van der Waals surface area contributed by atoms with Gasteiger partial charge in [0, 0.05) is 0 Å². The lowest BCUT2D eigenvalue weighted by Crippen LogP contribution is -2.07. The second-order valence-electron chi connectivity index (χ2n) is 5.29. The summed E-state index contributed by atoms with van der Waals surface area (Å²) in [5.41, 5.74) is 9.78. The van der Waals surface area contributed by atoms with Crippen LogP contribution in [-0.2, 0) is 0 Å². The fourth-order valence-corrected chi connectivity index (χ4v) is 2.57. The van der Waals surface area contributed by atoms with Crippen LogP contribution < -0.4 is 10.5 Å². The smallest absolute Gasteiger partial charge is 0.122 e. The molecule has 0 spiro atoms. The fraction of sp³-hybridized carbons (Fsp3) is 0.647. The van der Waals surface area contributed by atoms with Crippen molar-refractivity contribution in [1.29, 1.82) is 0 Å².